The molecule has 2 heterocycles. The lowest BCUT2D eigenvalue weighted by atomic mass is 10.1. The predicted molar refractivity (Wildman–Crippen MR) is 81.1 cm³/mol. The first kappa shape index (κ1) is 15.7. The molecule has 3 aromatic rings. The molecule has 0 unspecified atom stereocenters. The molecule has 0 fully saturated rings. The monoisotopic (exact) mass is 329 g/mol. The molecule has 0 spiro atoms. The molecule has 0 radical (unpaired) electrons. The molecule has 0 aliphatic rings. The van der Waals surface area contributed by atoms with Crippen molar-refractivity contribution in [1.29, 1.82) is 0 Å². The number of carbonyl (C=O) groups is 1. The third kappa shape index (κ3) is 3.78. The smallest absolute Gasteiger partial charge is 0.224 e. The summed E-state index contributed by atoms with van der Waals surface area (Å²) in [5.41, 5.74) is 1.43. The van der Waals surface area contributed by atoms with Gasteiger partial charge in [-0.05, 0) is 23.8 Å². The molecule has 0 saturated carbocycles. The van der Waals surface area contributed by atoms with E-state index in [2.05, 4.69) is 20.6 Å². The van der Waals surface area contributed by atoms with Crippen molar-refractivity contribution >= 4 is 5.91 Å². The molecule has 6 nitrogen and oxygen atoms in total. The summed E-state index contributed by atoms with van der Waals surface area (Å²) in [6.07, 6.45) is 4.77. The van der Waals surface area contributed by atoms with Crippen LogP contribution in [-0.2, 0) is 17.8 Å². The first-order chi connectivity index (χ1) is 11.6. The van der Waals surface area contributed by atoms with Gasteiger partial charge in [-0.2, -0.15) is 0 Å². The maximum absolute atomic E-state index is 13.5. The maximum atomic E-state index is 13.5. The van der Waals surface area contributed by atoms with Gasteiger partial charge in [-0.25, -0.2) is 13.5 Å². The van der Waals surface area contributed by atoms with E-state index in [0.717, 1.165) is 17.8 Å². The average molecular weight is 329 g/mol. The van der Waals surface area contributed by atoms with Crippen LogP contribution in [0.3, 0.4) is 0 Å². The number of nitrogens with zero attached hydrogens (tertiary/aromatic N) is 4. The van der Waals surface area contributed by atoms with Gasteiger partial charge in [0.15, 0.2) is 0 Å². The second-order valence-corrected chi connectivity index (χ2v) is 5.05. The number of pyridine rings is 1. The lowest BCUT2D eigenvalue weighted by Crippen LogP contribution is -2.25. The molecule has 122 valence electrons. The Morgan fingerprint density at radius 2 is 2.12 bits per heavy atom. The SMILES string of the molecule is O=C(Cc1ccc(F)cc1F)NCc1cn(-c2cccnc2)nn1. The molecule has 2 aromatic heterocycles. The van der Waals surface area contributed by atoms with E-state index in [0.29, 0.717) is 5.69 Å². The zero-order valence-electron chi connectivity index (χ0n) is 12.5. The molecular weight excluding hydrogens is 316 g/mol. The van der Waals surface area contributed by atoms with Crippen LogP contribution >= 0.6 is 0 Å². The van der Waals surface area contributed by atoms with Crippen LogP contribution in [0.15, 0.2) is 48.9 Å². The third-order valence-corrected chi connectivity index (χ3v) is 3.28. The minimum atomic E-state index is -0.743. The molecule has 1 aromatic carbocycles. The molecule has 0 bridgehead atoms. The number of carbonyl (C=O) groups excluding carboxylic acids is 1. The minimum absolute atomic E-state index is 0.132. The van der Waals surface area contributed by atoms with E-state index in [1.54, 1.807) is 24.7 Å². The van der Waals surface area contributed by atoms with Gasteiger partial charge in [-0.15, -0.1) is 5.10 Å². The van der Waals surface area contributed by atoms with Crippen LogP contribution in [0.4, 0.5) is 8.78 Å². The standard InChI is InChI=1S/C16H13F2N5O/c17-12-4-3-11(15(18)7-12)6-16(24)20-8-13-10-23(22-21-13)14-2-1-5-19-9-14/h1-5,7,9-10H,6,8H2,(H,20,24). The fraction of sp³-hybridized carbons (Fsp3) is 0.125. The highest BCUT2D eigenvalue weighted by Crippen LogP contribution is 2.10. The van der Waals surface area contributed by atoms with E-state index in [1.807, 2.05) is 6.07 Å². The Morgan fingerprint density at radius 1 is 1.25 bits per heavy atom. The highest BCUT2D eigenvalue weighted by molar-refractivity contribution is 5.78. The quantitative estimate of drug-likeness (QED) is 0.775. The summed E-state index contributed by atoms with van der Waals surface area (Å²) in [7, 11) is 0. The van der Waals surface area contributed by atoms with Crippen molar-refractivity contribution in [2.24, 2.45) is 0 Å². The van der Waals surface area contributed by atoms with E-state index in [1.165, 1.54) is 10.7 Å². The molecule has 0 saturated heterocycles. The second-order valence-electron chi connectivity index (χ2n) is 5.05. The van der Waals surface area contributed by atoms with Crippen molar-refractivity contribution in [2.75, 3.05) is 0 Å². The van der Waals surface area contributed by atoms with Gasteiger partial charge in [0.2, 0.25) is 5.91 Å². The van der Waals surface area contributed by atoms with E-state index in [-0.39, 0.29) is 18.5 Å². The molecule has 0 atom stereocenters. The lowest BCUT2D eigenvalue weighted by Gasteiger charge is -2.04. The normalized spacial score (nSPS) is 10.6. The maximum Gasteiger partial charge on any atom is 0.224 e. The average Bonchev–Trinajstić information content (AvgIpc) is 3.05. The van der Waals surface area contributed by atoms with Crippen molar-refractivity contribution in [3.8, 4) is 5.69 Å². The Hall–Kier alpha value is -3.16. The van der Waals surface area contributed by atoms with Crippen LogP contribution in [-0.4, -0.2) is 25.9 Å². The molecule has 3 rings (SSSR count). The number of benzene rings is 1. The van der Waals surface area contributed by atoms with Crippen molar-refractivity contribution in [3.63, 3.8) is 0 Å². The topological polar surface area (TPSA) is 72.7 Å². The molecule has 1 amide bonds. The summed E-state index contributed by atoms with van der Waals surface area (Å²) in [5.74, 6) is -1.81. The van der Waals surface area contributed by atoms with Crippen LogP contribution in [0.25, 0.3) is 5.69 Å². The number of nitrogens with one attached hydrogen (secondary N) is 1. The van der Waals surface area contributed by atoms with Gasteiger partial charge in [-0.3, -0.25) is 9.78 Å². The van der Waals surface area contributed by atoms with Crippen LogP contribution in [0.5, 0.6) is 0 Å². The second kappa shape index (κ2) is 6.95. The molecule has 8 heteroatoms. The van der Waals surface area contributed by atoms with Crippen LogP contribution in [0.1, 0.15) is 11.3 Å². The van der Waals surface area contributed by atoms with Crippen molar-refractivity contribution in [2.45, 2.75) is 13.0 Å². The Balaban J connectivity index is 1.58. The predicted octanol–water partition coefficient (Wildman–Crippen LogP) is 1.80. The number of halogens is 2. The number of aromatic nitrogens is 4. The highest BCUT2D eigenvalue weighted by atomic mass is 19.1. The number of hydrogen-bond donors (Lipinski definition) is 1. The fourth-order valence-electron chi connectivity index (χ4n) is 2.08. The Kier molecular flexibility index (Phi) is 4.55. The van der Waals surface area contributed by atoms with Gasteiger partial charge in [0, 0.05) is 12.3 Å². The molecule has 0 aliphatic heterocycles. The van der Waals surface area contributed by atoms with E-state index in [9.17, 15) is 13.6 Å². The minimum Gasteiger partial charge on any atom is -0.350 e. The molecule has 1 N–H and O–H groups in total. The zero-order chi connectivity index (χ0) is 16.9. The Morgan fingerprint density at radius 3 is 2.88 bits per heavy atom. The van der Waals surface area contributed by atoms with Gasteiger partial charge in [0.25, 0.3) is 0 Å². The van der Waals surface area contributed by atoms with E-state index >= 15 is 0 Å². The first-order valence-corrected chi connectivity index (χ1v) is 7.14. The summed E-state index contributed by atoms with van der Waals surface area (Å²) in [6.45, 7) is 0.155. The zero-order valence-corrected chi connectivity index (χ0v) is 12.5. The van der Waals surface area contributed by atoms with Crippen molar-refractivity contribution in [3.05, 3.63) is 71.8 Å². The van der Waals surface area contributed by atoms with Crippen molar-refractivity contribution < 1.29 is 13.6 Å². The van der Waals surface area contributed by atoms with E-state index < -0.39 is 17.5 Å². The molecule has 24 heavy (non-hydrogen) atoms. The van der Waals surface area contributed by atoms with Gasteiger partial charge >= 0.3 is 0 Å². The van der Waals surface area contributed by atoms with Crippen molar-refractivity contribution in [1.82, 2.24) is 25.3 Å². The fourth-order valence-corrected chi connectivity index (χ4v) is 2.08. The molecule has 0 aliphatic carbocycles. The third-order valence-electron chi connectivity index (χ3n) is 3.28. The lowest BCUT2D eigenvalue weighted by molar-refractivity contribution is -0.120. The van der Waals surface area contributed by atoms with E-state index in [4.69, 9.17) is 0 Å². The number of rotatable bonds is 5. The van der Waals surface area contributed by atoms with Gasteiger partial charge in [-0.1, -0.05) is 11.3 Å². The summed E-state index contributed by atoms with van der Waals surface area (Å²) < 4.78 is 27.9. The number of amides is 1. The highest BCUT2D eigenvalue weighted by Gasteiger charge is 2.10. The Labute approximate surface area is 136 Å². The summed E-state index contributed by atoms with van der Waals surface area (Å²) in [4.78, 5) is 15.8. The van der Waals surface area contributed by atoms with Gasteiger partial charge < -0.3 is 5.32 Å². The van der Waals surface area contributed by atoms with Crippen LogP contribution < -0.4 is 5.32 Å². The van der Waals surface area contributed by atoms with Crippen LogP contribution in [0.2, 0.25) is 0 Å². The van der Waals surface area contributed by atoms with Crippen LogP contribution in [0, 0.1) is 11.6 Å². The first-order valence-electron chi connectivity index (χ1n) is 7.14. The molecular formula is C16H13F2N5O. The largest absolute Gasteiger partial charge is 0.350 e. The Bertz CT molecular complexity index is 851. The van der Waals surface area contributed by atoms with Gasteiger partial charge in [0.05, 0.1) is 31.0 Å². The van der Waals surface area contributed by atoms with Gasteiger partial charge in [0.1, 0.15) is 17.3 Å². The summed E-state index contributed by atoms with van der Waals surface area (Å²) in [5, 5.41) is 10.5. The summed E-state index contributed by atoms with van der Waals surface area (Å²) >= 11 is 0. The number of hydrogen-bond acceptors (Lipinski definition) is 4. The summed E-state index contributed by atoms with van der Waals surface area (Å²) in [6, 6.07) is 6.72.